The Hall–Kier alpha value is -2.62. The third-order valence-corrected chi connectivity index (χ3v) is 5.31. The van der Waals surface area contributed by atoms with Crippen LogP contribution in [0, 0.1) is 6.92 Å². The Morgan fingerprint density at radius 3 is 2.64 bits per heavy atom. The molecule has 128 valence electrons. The van der Waals surface area contributed by atoms with Gasteiger partial charge in [0.15, 0.2) is 0 Å². The second kappa shape index (κ2) is 6.36. The van der Waals surface area contributed by atoms with E-state index in [4.69, 9.17) is 4.74 Å². The number of likely N-dealkylation sites (tertiary alicyclic amines) is 1. The summed E-state index contributed by atoms with van der Waals surface area (Å²) in [5.41, 5.74) is 4.02. The molecule has 0 N–H and O–H groups in total. The molecule has 2 aromatic carbocycles. The zero-order chi connectivity index (χ0) is 17.4. The molecule has 2 aliphatic rings. The first kappa shape index (κ1) is 15.9. The minimum absolute atomic E-state index is 0.0607. The summed E-state index contributed by atoms with van der Waals surface area (Å²) in [6.07, 6.45) is 0.759. The number of benzene rings is 2. The van der Waals surface area contributed by atoms with Crippen molar-refractivity contribution in [3.63, 3.8) is 0 Å². The fourth-order valence-electron chi connectivity index (χ4n) is 3.94. The maximum absolute atomic E-state index is 12.7. The van der Waals surface area contributed by atoms with Crippen LogP contribution in [-0.2, 0) is 9.53 Å². The molecular formula is C21H21NO3. The number of carbonyl (C=O) groups excluding carboxylic acids is 2. The van der Waals surface area contributed by atoms with Crippen molar-refractivity contribution in [3.05, 3.63) is 70.8 Å². The zero-order valence-corrected chi connectivity index (χ0v) is 14.3. The Kier molecular flexibility index (Phi) is 4.04. The van der Waals surface area contributed by atoms with Crippen LogP contribution in [0.3, 0.4) is 0 Å². The van der Waals surface area contributed by atoms with Crippen LogP contribution in [0.4, 0.5) is 0 Å². The molecule has 0 aromatic heterocycles. The maximum atomic E-state index is 12.7. The van der Waals surface area contributed by atoms with Crippen LogP contribution in [-0.4, -0.2) is 29.9 Å². The van der Waals surface area contributed by atoms with E-state index in [0.717, 1.165) is 25.1 Å². The van der Waals surface area contributed by atoms with E-state index >= 15 is 0 Å². The van der Waals surface area contributed by atoms with Crippen molar-refractivity contribution in [1.82, 2.24) is 4.90 Å². The SMILES string of the molecule is Cc1ccccc1C1CCN(C(=O)CC2OC(=O)c3ccccc32)C1. The lowest BCUT2D eigenvalue weighted by Crippen LogP contribution is -2.29. The molecule has 2 atom stereocenters. The van der Waals surface area contributed by atoms with Crippen molar-refractivity contribution in [1.29, 1.82) is 0 Å². The Balaban J connectivity index is 1.43. The predicted molar refractivity (Wildman–Crippen MR) is 94.3 cm³/mol. The first-order valence-corrected chi connectivity index (χ1v) is 8.76. The topological polar surface area (TPSA) is 46.6 Å². The number of amides is 1. The van der Waals surface area contributed by atoms with Crippen molar-refractivity contribution in [2.75, 3.05) is 13.1 Å². The quantitative estimate of drug-likeness (QED) is 0.805. The zero-order valence-electron chi connectivity index (χ0n) is 14.3. The molecule has 0 aliphatic carbocycles. The summed E-state index contributed by atoms with van der Waals surface area (Å²) in [5.74, 6) is 0.127. The fourth-order valence-corrected chi connectivity index (χ4v) is 3.94. The summed E-state index contributed by atoms with van der Waals surface area (Å²) in [7, 11) is 0. The molecule has 1 fully saturated rings. The van der Waals surface area contributed by atoms with Gasteiger partial charge < -0.3 is 9.64 Å². The molecule has 2 aliphatic heterocycles. The lowest BCUT2D eigenvalue weighted by atomic mass is 9.94. The Morgan fingerprint density at radius 2 is 1.84 bits per heavy atom. The molecule has 1 amide bonds. The Labute approximate surface area is 147 Å². The molecule has 4 nitrogen and oxygen atoms in total. The average molecular weight is 335 g/mol. The molecule has 0 radical (unpaired) electrons. The van der Waals surface area contributed by atoms with E-state index in [1.165, 1.54) is 11.1 Å². The predicted octanol–water partition coefficient (Wildman–Crippen LogP) is 3.61. The second-order valence-corrected chi connectivity index (χ2v) is 6.87. The van der Waals surface area contributed by atoms with Crippen LogP contribution in [0.1, 0.15) is 51.9 Å². The number of rotatable bonds is 3. The molecule has 4 heteroatoms. The van der Waals surface area contributed by atoms with Crippen molar-refractivity contribution < 1.29 is 14.3 Å². The summed E-state index contributed by atoms with van der Waals surface area (Å²) >= 11 is 0. The lowest BCUT2D eigenvalue weighted by molar-refractivity contribution is -0.132. The molecule has 2 heterocycles. The highest BCUT2D eigenvalue weighted by atomic mass is 16.5. The monoisotopic (exact) mass is 335 g/mol. The number of aryl methyl sites for hydroxylation is 1. The first-order valence-electron chi connectivity index (χ1n) is 8.76. The normalized spacial score (nSPS) is 22.0. The first-order chi connectivity index (χ1) is 12.1. The highest BCUT2D eigenvalue weighted by Crippen LogP contribution is 2.35. The van der Waals surface area contributed by atoms with E-state index in [1.54, 1.807) is 6.07 Å². The molecule has 0 bridgehead atoms. The number of carbonyl (C=O) groups is 2. The summed E-state index contributed by atoms with van der Waals surface area (Å²) in [6.45, 7) is 3.63. The molecule has 2 aromatic rings. The van der Waals surface area contributed by atoms with Crippen LogP contribution in [0.2, 0.25) is 0 Å². The van der Waals surface area contributed by atoms with Crippen molar-refractivity contribution in [2.24, 2.45) is 0 Å². The number of fused-ring (bicyclic) bond motifs is 1. The van der Waals surface area contributed by atoms with Gasteiger partial charge in [0.1, 0.15) is 6.10 Å². The molecule has 0 spiro atoms. The van der Waals surface area contributed by atoms with Crippen molar-refractivity contribution in [2.45, 2.75) is 31.8 Å². The smallest absolute Gasteiger partial charge is 0.339 e. The molecule has 2 unspecified atom stereocenters. The average Bonchev–Trinajstić information content (AvgIpc) is 3.22. The van der Waals surface area contributed by atoms with Crippen molar-refractivity contribution in [3.8, 4) is 0 Å². The summed E-state index contributed by atoms with van der Waals surface area (Å²) < 4.78 is 5.41. The Morgan fingerprint density at radius 1 is 1.12 bits per heavy atom. The van der Waals surface area contributed by atoms with Gasteiger partial charge in [0.05, 0.1) is 12.0 Å². The van der Waals surface area contributed by atoms with E-state index in [-0.39, 0.29) is 18.3 Å². The second-order valence-electron chi connectivity index (χ2n) is 6.87. The van der Waals surface area contributed by atoms with Gasteiger partial charge in [-0.15, -0.1) is 0 Å². The summed E-state index contributed by atoms with van der Waals surface area (Å²) in [6, 6.07) is 15.7. The maximum Gasteiger partial charge on any atom is 0.339 e. The number of hydrogen-bond acceptors (Lipinski definition) is 3. The summed E-state index contributed by atoms with van der Waals surface area (Å²) in [5, 5.41) is 0. The molecule has 25 heavy (non-hydrogen) atoms. The lowest BCUT2D eigenvalue weighted by Gasteiger charge is -2.19. The standard InChI is InChI=1S/C21H21NO3/c1-14-6-2-3-7-16(14)15-10-11-22(13-15)20(23)12-19-17-8-4-5-9-18(17)21(24)25-19/h2-9,15,19H,10-13H2,1H3. The van der Waals surface area contributed by atoms with E-state index < -0.39 is 6.10 Å². The Bertz CT molecular complexity index is 829. The van der Waals surface area contributed by atoms with Gasteiger partial charge in [-0.2, -0.15) is 0 Å². The van der Waals surface area contributed by atoms with E-state index in [9.17, 15) is 9.59 Å². The number of esters is 1. The van der Waals surface area contributed by atoms with Gasteiger partial charge in [-0.25, -0.2) is 4.79 Å². The van der Waals surface area contributed by atoms with Crippen LogP contribution in [0.25, 0.3) is 0 Å². The third-order valence-electron chi connectivity index (χ3n) is 5.31. The number of cyclic esters (lactones) is 1. The summed E-state index contributed by atoms with van der Waals surface area (Å²) in [4.78, 5) is 26.5. The van der Waals surface area contributed by atoms with E-state index in [0.29, 0.717) is 11.5 Å². The van der Waals surface area contributed by atoms with Gasteiger partial charge >= 0.3 is 5.97 Å². The number of ether oxygens (including phenoxy) is 1. The van der Waals surface area contributed by atoms with Gasteiger partial charge in [0.2, 0.25) is 5.91 Å². The minimum Gasteiger partial charge on any atom is -0.453 e. The van der Waals surface area contributed by atoms with Gasteiger partial charge in [0, 0.05) is 24.6 Å². The van der Waals surface area contributed by atoms with E-state index in [2.05, 4.69) is 25.1 Å². The largest absolute Gasteiger partial charge is 0.453 e. The van der Waals surface area contributed by atoms with Gasteiger partial charge in [-0.1, -0.05) is 42.5 Å². The fraction of sp³-hybridized carbons (Fsp3) is 0.333. The third kappa shape index (κ3) is 2.93. The highest BCUT2D eigenvalue weighted by Gasteiger charge is 2.35. The minimum atomic E-state index is -0.450. The highest BCUT2D eigenvalue weighted by molar-refractivity contribution is 5.94. The van der Waals surface area contributed by atoms with Crippen LogP contribution >= 0.6 is 0 Å². The molecule has 4 rings (SSSR count). The molecular weight excluding hydrogens is 314 g/mol. The van der Waals surface area contributed by atoms with Gasteiger partial charge in [-0.05, 0) is 30.5 Å². The number of nitrogens with zero attached hydrogens (tertiary/aromatic N) is 1. The van der Waals surface area contributed by atoms with Crippen LogP contribution < -0.4 is 0 Å². The van der Waals surface area contributed by atoms with Crippen LogP contribution in [0.5, 0.6) is 0 Å². The van der Waals surface area contributed by atoms with Gasteiger partial charge in [0.25, 0.3) is 0 Å². The number of hydrogen-bond donors (Lipinski definition) is 0. The van der Waals surface area contributed by atoms with Crippen molar-refractivity contribution >= 4 is 11.9 Å². The van der Waals surface area contributed by atoms with Crippen LogP contribution in [0.15, 0.2) is 48.5 Å². The van der Waals surface area contributed by atoms with Gasteiger partial charge in [-0.3, -0.25) is 4.79 Å². The van der Waals surface area contributed by atoms with E-state index in [1.807, 2.05) is 29.2 Å². The molecule has 0 saturated carbocycles. The molecule has 1 saturated heterocycles.